The smallest absolute Gasteiger partial charge is 0.150 e. The Morgan fingerprint density at radius 1 is 1.31 bits per heavy atom. The SMILES string of the molecule is C/C=C(/C=O)c1ccc(OC)cc1. The maximum atomic E-state index is 10.6. The molecule has 0 spiro atoms. The van der Waals surface area contributed by atoms with Crippen molar-refractivity contribution in [2.24, 2.45) is 0 Å². The van der Waals surface area contributed by atoms with Crippen LogP contribution in [-0.2, 0) is 4.79 Å². The molecule has 0 aliphatic carbocycles. The van der Waals surface area contributed by atoms with E-state index in [1.54, 1.807) is 13.2 Å². The first-order chi connectivity index (χ1) is 6.31. The Bertz CT molecular complexity index is 309. The molecule has 13 heavy (non-hydrogen) atoms. The van der Waals surface area contributed by atoms with Crippen LogP contribution in [0.3, 0.4) is 0 Å². The molecule has 0 heterocycles. The zero-order valence-electron chi connectivity index (χ0n) is 7.78. The highest BCUT2D eigenvalue weighted by Gasteiger charge is 1.98. The van der Waals surface area contributed by atoms with Crippen LogP contribution in [0.5, 0.6) is 5.75 Å². The van der Waals surface area contributed by atoms with Crippen LogP contribution in [0.1, 0.15) is 12.5 Å². The highest BCUT2D eigenvalue weighted by atomic mass is 16.5. The minimum atomic E-state index is 0.697. The predicted octanol–water partition coefficient (Wildman–Crippen LogP) is 2.30. The van der Waals surface area contributed by atoms with Crippen molar-refractivity contribution in [2.75, 3.05) is 7.11 Å². The van der Waals surface area contributed by atoms with Crippen LogP contribution in [-0.4, -0.2) is 13.4 Å². The molecule has 0 fully saturated rings. The summed E-state index contributed by atoms with van der Waals surface area (Å²) >= 11 is 0. The summed E-state index contributed by atoms with van der Waals surface area (Å²) in [5, 5.41) is 0. The van der Waals surface area contributed by atoms with Crippen LogP contribution in [0.15, 0.2) is 30.3 Å². The number of rotatable bonds is 3. The largest absolute Gasteiger partial charge is 0.497 e. The van der Waals surface area contributed by atoms with E-state index in [0.29, 0.717) is 5.57 Å². The van der Waals surface area contributed by atoms with Gasteiger partial charge in [0.25, 0.3) is 0 Å². The van der Waals surface area contributed by atoms with E-state index in [9.17, 15) is 4.79 Å². The lowest BCUT2D eigenvalue weighted by Gasteiger charge is -2.01. The molecule has 68 valence electrons. The van der Waals surface area contributed by atoms with Crippen LogP contribution >= 0.6 is 0 Å². The van der Waals surface area contributed by atoms with Gasteiger partial charge >= 0.3 is 0 Å². The molecule has 0 aliphatic heterocycles. The van der Waals surface area contributed by atoms with Gasteiger partial charge < -0.3 is 4.74 Å². The van der Waals surface area contributed by atoms with Crippen molar-refractivity contribution in [1.82, 2.24) is 0 Å². The minimum absolute atomic E-state index is 0.697. The molecule has 0 saturated carbocycles. The van der Waals surface area contributed by atoms with E-state index in [1.807, 2.05) is 31.2 Å². The Labute approximate surface area is 77.8 Å². The standard InChI is InChI=1S/C11H12O2/c1-3-9(8-12)10-4-6-11(13-2)7-5-10/h3-8H,1-2H3/b9-3-. The van der Waals surface area contributed by atoms with E-state index in [4.69, 9.17) is 4.74 Å². The zero-order valence-corrected chi connectivity index (χ0v) is 7.78. The van der Waals surface area contributed by atoms with Crippen LogP contribution in [0.4, 0.5) is 0 Å². The third kappa shape index (κ3) is 2.18. The molecule has 0 aliphatic rings. The van der Waals surface area contributed by atoms with E-state index >= 15 is 0 Å². The van der Waals surface area contributed by atoms with Gasteiger partial charge in [-0.05, 0) is 24.6 Å². The molecule has 0 atom stereocenters. The summed E-state index contributed by atoms with van der Waals surface area (Å²) in [5.74, 6) is 0.796. The van der Waals surface area contributed by atoms with E-state index in [-0.39, 0.29) is 0 Å². The van der Waals surface area contributed by atoms with Gasteiger partial charge in [0.15, 0.2) is 0 Å². The van der Waals surface area contributed by atoms with Gasteiger partial charge in [0.1, 0.15) is 12.0 Å². The van der Waals surface area contributed by atoms with Gasteiger partial charge in [-0.25, -0.2) is 0 Å². The maximum Gasteiger partial charge on any atom is 0.150 e. The van der Waals surface area contributed by atoms with Crippen LogP contribution in [0.2, 0.25) is 0 Å². The summed E-state index contributed by atoms with van der Waals surface area (Å²) in [4.78, 5) is 10.6. The third-order valence-electron chi connectivity index (χ3n) is 1.86. The van der Waals surface area contributed by atoms with Gasteiger partial charge in [0.2, 0.25) is 0 Å². The minimum Gasteiger partial charge on any atom is -0.497 e. The number of hydrogen-bond acceptors (Lipinski definition) is 2. The average molecular weight is 176 g/mol. The molecule has 1 aromatic carbocycles. The molecule has 1 aromatic rings. The molecule has 0 aromatic heterocycles. The van der Waals surface area contributed by atoms with Crippen LogP contribution in [0.25, 0.3) is 5.57 Å². The molecule has 0 N–H and O–H groups in total. The molecule has 2 nitrogen and oxygen atoms in total. The first-order valence-corrected chi connectivity index (χ1v) is 4.07. The normalized spacial score (nSPS) is 11.1. The van der Waals surface area contributed by atoms with Crippen LogP contribution in [0, 0.1) is 0 Å². The lowest BCUT2D eigenvalue weighted by Crippen LogP contribution is -1.86. The quantitative estimate of drug-likeness (QED) is 0.521. The Morgan fingerprint density at radius 2 is 1.92 bits per heavy atom. The second-order valence-corrected chi connectivity index (χ2v) is 2.59. The summed E-state index contributed by atoms with van der Waals surface area (Å²) in [6.45, 7) is 1.84. The Morgan fingerprint density at radius 3 is 2.31 bits per heavy atom. The van der Waals surface area contributed by atoms with E-state index in [1.165, 1.54) is 0 Å². The summed E-state index contributed by atoms with van der Waals surface area (Å²) < 4.78 is 5.01. The Kier molecular flexibility index (Phi) is 3.26. The van der Waals surface area contributed by atoms with Gasteiger partial charge in [0, 0.05) is 5.57 Å². The average Bonchev–Trinajstić information content (AvgIpc) is 2.21. The van der Waals surface area contributed by atoms with Crippen molar-refractivity contribution in [3.63, 3.8) is 0 Å². The number of methoxy groups -OCH3 is 1. The fourth-order valence-electron chi connectivity index (χ4n) is 1.09. The number of carbonyl (C=O) groups is 1. The molecular formula is C11H12O2. The zero-order chi connectivity index (χ0) is 9.68. The number of benzene rings is 1. The lowest BCUT2D eigenvalue weighted by atomic mass is 10.1. The van der Waals surface area contributed by atoms with Crippen molar-refractivity contribution in [2.45, 2.75) is 6.92 Å². The number of hydrogen-bond donors (Lipinski definition) is 0. The molecule has 2 heteroatoms. The van der Waals surface area contributed by atoms with Gasteiger partial charge in [0.05, 0.1) is 7.11 Å². The van der Waals surface area contributed by atoms with Crippen molar-refractivity contribution >= 4 is 11.9 Å². The Hall–Kier alpha value is -1.57. The highest BCUT2D eigenvalue weighted by molar-refractivity contribution is 6.06. The Balaban J connectivity index is 2.97. The predicted molar refractivity (Wildman–Crippen MR) is 52.7 cm³/mol. The topological polar surface area (TPSA) is 26.3 Å². The summed E-state index contributed by atoms with van der Waals surface area (Å²) in [6.07, 6.45) is 2.64. The number of carbonyl (C=O) groups excluding carboxylic acids is 1. The van der Waals surface area contributed by atoms with Gasteiger partial charge in [-0.3, -0.25) is 4.79 Å². The van der Waals surface area contributed by atoms with Crippen molar-refractivity contribution in [3.8, 4) is 5.75 Å². The van der Waals surface area contributed by atoms with E-state index in [2.05, 4.69) is 0 Å². The summed E-state index contributed by atoms with van der Waals surface area (Å²) in [5.41, 5.74) is 1.61. The first kappa shape index (κ1) is 9.52. The van der Waals surface area contributed by atoms with E-state index < -0.39 is 0 Å². The lowest BCUT2D eigenvalue weighted by molar-refractivity contribution is -0.103. The van der Waals surface area contributed by atoms with E-state index in [0.717, 1.165) is 17.6 Å². The monoisotopic (exact) mass is 176 g/mol. The second-order valence-electron chi connectivity index (χ2n) is 2.59. The van der Waals surface area contributed by atoms with Crippen molar-refractivity contribution in [1.29, 1.82) is 0 Å². The molecular weight excluding hydrogens is 164 g/mol. The van der Waals surface area contributed by atoms with Gasteiger partial charge in [-0.15, -0.1) is 0 Å². The van der Waals surface area contributed by atoms with Crippen molar-refractivity contribution < 1.29 is 9.53 Å². The molecule has 1 rings (SSSR count). The summed E-state index contributed by atoms with van der Waals surface area (Å²) in [7, 11) is 1.62. The number of aldehydes is 1. The number of allylic oxidation sites excluding steroid dienone is 2. The fourth-order valence-corrected chi connectivity index (χ4v) is 1.09. The third-order valence-corrected chi connectivity index (χ3v) is 1.86. The molecule has 0 radical (unpaired) electrons. The second kappa shape index (κ2) is 4.45. The fraction of sp³-hybridized carbons (Fsp3) is 0.182. The maximum absolute atomic E-state index is 10.6. The van der Waals surface area contributed by atoms with Gasteiger partial charge in [-0.1, -0.05) is 18.2 Å². The molecule has 0 bridgehead atoms. The molecule has 0 unspecified atom stereocenters. The molecule has 0 saturated heterocycles. The van der Waals surface area contributed by atoms with Crippen molar-refractivity contribution in [3.05, 3.63) is 35.9 Å². The summed E-state index contributed by atoms with van der Waals surface area (Å²) in [6, 6.07) is 7.40. The molecule has 0 amide bonds. The highest BCUT2D eigenvalue weighted by Crippen LogP contribution is 2.16. The van der Waals surface area contributed by atoms with Crippen LogP contribution < -0.4 is 4.74 Å². The van der Waals surface area contributed by atoms with Gasteiger partial charge in [-0.2, -0.15) is 0 Å². The number of ether oxygens (including phenoxy) is 1. The first-order valence-electron chi connectivity index (χ1n) is 4.07.